The Balaban J connectivity index is 2.49. The van der Waals surface area contributed by atoms with Crippen molar-refractivity contribution < 1.29 is 8.78 Å². The number of pyridine rings is 1. The van der Waals surface area contributed by atoms with Crippen molar-refractivity contribution >= 4 is 0 Å². The number of aromatic nitrogens is 1. The molecule has 2 aromatic rings. The molecule has 0 amide bonds. The number of aryl methyl sites for hydroxylation is 2. The molecule has 1 heterocycles. The van der Waals surface area contributed by atoms with Crippen LogP contribution >= 0.6 is 0 Å². The molecule has 0 aliphatic carbocycles. The Morgan fingerprint density at radius 1 is 0.895 bits per heavy atom. The van der Waals surface area contributed by atoms with E-state index < -0.39 is 11.6 Å². The zero-order chi connectivity index (χ0) is 14.0. The molecule has 0 aliphatic rings. The molecule has 1 unspecified atom stereocenters. The molecule has 0 radical (unpaired) electrons. The van der Waals surface area contributed by atoms with Crippen LogP contribution < -0.4 is 5.32 Å². The predicted molar refractivity (Wildman–Crippen MR) is 71.0 cm³/mol. The molecule has 0 aliphatic heterocycles. The Bertz CT molecular complexity index is 505. The van der Waals surface area contributed by atoms with E-state index in [1.807, 2.05) is 26.0 Å². The second kappa shape index (κ2) is 5.45. The minimum Gasteiger partial charge on any atom is -0.309 e. The zero-order valence-electron chi connectivity index (χ0n) is 11.2. The first kappa shape index (κ1) is 13.6. The Morgan fingerprint density at radius 3 is 1.84 bits per heavy atom. The van der Waals surface area contributed by atoms with Crippen molar-refractivity contribution in [2.24, 2.45) is 0 Å². The van der Waals surface area contributed by atoms with Crippen molar-refractivity contribution in [3.8, 4) is 0 Å². The summed E-state index contributed by atoms with van der Waals surface area (Å²) in [5.41, 5.74) is 3.27. The molecule has 0 bridgehead atoms. The van der Waals surface area contributed by atoms with Gasteiger partial charge < -0.3 is 5.32 Å². The number of hydrogen-bond acceptors (Lipinski definition) is 2. The summed E-state index contributed by atoms with van der Waals surface area (Å²) in [7, 11) is 1.76. The SMILES string of the molecule is CNC(c1cc(F)cc(F)c1)c1cc(C)nc(C)c1. The first-order valence-corrected chi connectivity index (χ1v) is 6.08. The molecule has 0 spiro atoms. The summed E-state index contributed by atoms with van der Waals surface area (Å²) in [6, 6.07) is 7.13. The van der Waals surface area contributed by atoms with Crippen molar-refractivity contribution in [2.75, 3.05) is 7.05 Å². The fraction of sp³-hybridized carbons (Fsp3) is 0.267. The van der Waals surface area contributed by atoms with Gasteiger partial charge in [-0.3, -0.25) is 4.98 Å². The third-order valence-electron chi connectivity index (χ3n) is 2.94. The highest BCUT2D eigenvalue weighted by molar-refractivity contribution is 5.34. The summed E-state index contributed by atoms with van der Waals surface area (Å²) in [6.45, 7) is 3.80. The average molecular weight is 262 g/mol. The summed E-state index contributed by atoms with van der Waals surface area (Å²) >= 11 is 0. The number of rotatable bonds is 3. The molecule has 1 N–H and O–H groups in total. The third kappa shape index (κ3) is 3.15. The number of nitrogens with one attached hydrogen (secondary N) is 1. The van der Waals surface area contributed by atoms with Crippen molar-refractivity contribution in [3.63, 3.8) is 0 Å². The molecule has 19 heavy (non-hydrogen) atoms. The second-order valence-electron chi connectivity index (χ2n) is 4.61. The van der Waals surface area contributed by atoms with Crippen LogP contribution in [0.2, 0.25) is 0 Å². The van der Waals surface area contributed by atoms with Crippen molar-refractivity contribution in [1.82, 2.24) is 10.3 Å². The van der Waals surface area contributed by atoms with E-state index in [2.05, 4.69) is 10.3 Å². The van der Waals surface area contributed by atoms with Gasteiger partial charge in [0.25, 0.3) is 0 Å². The van der Waals surface area contributed by atoms with Gasteiger partial charge in [0.05, 0.1) is 6.04 Å². The lowest BCUT2D eigenvalue weighted by Crippen LogP contribution is -2.18. The van der Waals surface area contributed by atoms with Gasteiger partial charge in [0.15, 0.2) is 0 Å². The quantitative estimate of drug-likeness (QED) is 0.918. The fourth-order valence-electron chi connectivity index (χ4n) is 2.30. The Labute approximate surface area is 111 Å². The number of hydrogen-bond donors (Lipinski definition) is 1. The minimum absolute atomic E-state index is 0.259. The van der Waals surface area contributed by atoms with E-state index in [9.17, 15) is 8.78 Å². The molecule has 0 saturated carbocycles. The van der Waals surface area contributed by atoms with E-state index in [0.29, 0.717) is 5.56 Å². The monoisotopic (exact) mass is 262 g/mol. The highest BCUT2D eigenvalue weighted by atomic mass is 19.1. The lowest BCUT2D eigenvalue weighted by Gasteiger charge is -2.18. The van der Waals surface area contributed by atoms with Crippen LogP contribution in [-0.2, 0) is 0 Å². The van der Waals surface area contributed by atoms with Gasteiger partial charge in [0.2, 0.25) is 0 Å². The molecule has 0 saturated heterocycles. The Hall–Kier alpha value is -1.81. The molecule has 100 valence electrons. The van der Waals surface area contributed by atoms with Gasteiger partial charge in [0, 0.05) is 17.5 Å². The van der Waals surface area contributed by atoms with Gasteiger partial charge in [0.1, 0.15) is 11.6 Å². The predicted octanol–water partition coefficient (Wildman–Crippen LogP) is 3.29. The van der Waals surface area contributed by atoms with Crippen LogP contribution in [0, 0.1) is 25.5 Å². The maximum atomic E-state index is 13.3. The number of nitrogens with zero attached hydrogens (tertiary/aromatic N) is 1. The standard InChI is InChI=1S/C15H16F2N2/c1-9-4-11(5-10(2)19-9)15(18-3)12-6-13(16)8-14(17)7-12/h4-8,15,18H,1-3H3. The lowest BCUT2D eigenvalue weighted by atomic mass is 9.98. The molecule has 0 fully saturated rings. The first-order chi connectivity index (χ1) is 8.99. The summed E-state index contributed by atoms with van der Waals surface area (Å²) in [4.78, 5) is 4.30. The summed E-state index contributed by atoms with van der Waals surface area (Å²) < 4.78 is 26.6. The molecular weight excluding hydrogens is 246 g/mol. The van der Waals surface area contributed by atoms with Crippen LogP contribution in [0.1, 0.15) is 28.6 Å². The largest absolute Gasteiger partial charge is 0.309 e. The van der Waals surface area contributed by atoms with Crippen LogP contribution in [0.3, 0.4) is 0 Å². The maximum Gasteiger partial charge on any atom is 0.126 e. The summed E-state index contributed by atoms with van der Waals surface area (Å²) in [5.74, 6) is -1.14. The fourth-order valence-corrected chi connectivity index (χ4v) is 2.30. The Kier molecular flexibility index (Phi) is 3.90. The molecule has 2 rings (SSSR count). The summed E-state index contributed by atoms with van der Waals surface area (Å²) in [6.07, 6.45) is 0. The van der Waals surface area contributed by atoms with Crippen LogP contribution in [0.4, 0.5) is 8.78 Å². The van der Waals surface area contributed by atoms with E-state index in [4.69, 9.17) is 0 Å². The molecule has 2 nitrogen and oxygen atoms in total. The van der Waals surface area contributed by atoms with Gasteiger partial charge in [-0.25, -0.2) is 8.78 Å². The molecule has 4 heteroatoms. The molecule has 1 atom stereocenters. The van der Waals surface area contributed by atoms with Gasteiger partial charge in [-0.15, -0.1) is 0 Å². The zero-order valence-corrected chi connectivity index (χ0v) is 11.2. The first-order valence-electron chi connectivity index (χ1n) is 6.08. The second-order valence-corrected chi connectivity index (χ2v) is 4.61. The van der Waals surface area contributed by atoms with Crippen LogP contribution in [-0.4, -0.2) is 12.0 Å². The van der Waals surface area contributed by atoms with E-state index >= 15 is 0 Å². The molecule has 1 aromatic heterocycles. The van der Waals surface area contributed by atoms with E-state index in [0.717, 1.165) is 23.0 Å². The van der Waals surface area contributed by atoms with Crippen LogP contribution in [0.25, 0.3) is 0 Å². The van der Waals surface area contributed by atoms with Gasteiger partial charge in [-0.2, -0.15) is 0 Å². The maximum absolute atomic E-state index is 13.3. The Morgan fingerprint density at radius 2 is 1.37 bits per heavy atom. The van der Waals surface area contributed by atoms with Crippen molar-refractivity contribution in [3.05, 3.63) is 64.5 Å². The highest BCUT2D eigenvalue weighted by Crippen LogP contribution is 2.24. The van der Waals surface area contributed by atoms with Gasteiger partial charge >= 0.3 is 0 Å². The van der Waals surface area contributed by atoms with E-state index in [1.54, 1.807) is 7.05 Å². The number of halogens is 2. The van der Waals surface area contributed by atoms with E-state index in [-0.39, 0.29) is 6.04 Å². The topological polar surface area (TPSA) is 24.9 Å². The van der Waals surface area contributed by atoms with Crippen molar-refractivity contribution in [2.45, 2.75) is 19.9 Å². The normalized spacial score (nSPS) is 12.5. The van der Waals surface area contributed by atoms with Gasteiger partial charge in [-0.1, -0.05) is 0 Å². The summed E-state index contributed by atoms with van der Waals surface area (Å²) in [5, 5.41) is 3.08. The van der Waals surface area contributed by atoms with Crippen LogP contribution in [0.15, 0.2) is 30.3 Å². The highest BCUT2D eigenvalue weighted by Gasteiger charge is 2.15. The smallest absolute Gasteiger partial charge is 0.126 e. The van der Waals surface area contributed by atoms with Crippen LogP contribution in [0.5, 0.6) is 0 Å². The minimum atomic E-state index is -0.572. The number of benzene rings is 1. The van der Waals surface area contributed by atoms with E-state index in [1.165, 1.54) is 12.1 Å². The third-order valence-corrected chi connectivity index (χ3v) is 2.94. The molecule has 1 aromatic carbocycles. The average Bonchev–Trinajstić information content (AvgIpc) is 2.27. The molecular formula is C15H16F2N2. The lowest BCUT2D eigenvalue weighted by molar-refractivity contribution is 0.571. The van der Waals surface area contributed by atoms with Crippen molar-refractivity contribution in [1.29, 1.82) is 0 Å². The van der Waals surface area contributed by atoms with Gasteiger partial charge in [-0.05, 0) is 56.3 Å².